The summed E-state index contributed by atoms with van der Waals surface area (Å²) in [6.07, 6.45) is 10.2. The van der Waals surface area contributed by atoms with Crippen LogP contribution in [0.3, 0.4) is 0 Å². The predicted octanol–water partition coefficient (Wildman–Crippen LogP) is 3.40. The molecule has 3 aliphatic heterocycles. The second kappa shape index (κ2) is 11.2. The first-order valence-corrected chi connectivity index (χ1v) is 14.5. The second-order valence-corrected chi connectivity index (χ2v) is 12.2. The molecule has 35 heavy (non-hydrogen) atoms. The van der Waals surface area contributed by atoms with Gasteiger partial charge in [0.1, 0.15) is 6.04 Å². The van der Waals surface area contributed by atoms with Crippen molar-refractivity contribution in [2.45, 2.75) is 93.7 Å². The molecule has 0 aromatic heterocycles. The van der Waals surface area contributed by atoms with Gasteiger partial charge in [0.15, 0.2) is 0 Å². The normalized spacial score (nSPS) is 34.2. The number of likely N-dealkylation sites (tertiary alicyclic amines) is 1. The van der Waals surface area contributed by atoms with Crippen molar-refractivity contribution in [3.05, 3.63) is 12.7 Å². The van der Waals surface area contributed by atoms with Gasteiger partial charge in [0.2, 0.25) is 11.8 Å². The van der Waals surface area contributed by atoms with Gasteiger partial charge in [-0.3, -0.25) is 14.4 Å². The zero-order valence-electron chi connectivity index (χ0n) is 21.3. The molecule has 0 aromatic carbocycles. The molecule has 2 bridgehead atoms. The fourth-order valence-corrected chi connectivity index (χ4v) is 9.63. The number of hydrogen-bond acceptors (Lipinski definition) is 6. The molecule has 1 spiro atoms. The summed E-state index contributed by atoms with van der Waals surface area (Å²) in [4.78, 5) is 45.3. The molecule has 1 saturated carbocycles. The number of nitrogens with zero attached hydrogens (tertiary/aromatic N) is 2. The number of unbranched alkanes of at least 4 members (excludes halogenated alkanes) is 2. The lowest BCUT2D eigenvalue weighted by Crippen LogP contribution is -2.59. The molecule has 3 saturated heterocycles. The molecule has 0 radical (unpaired) electrons. The Hall–Kier alpha value is -1.54. The molecule has 6 atom stereocenters. The van der Waals surface area contributed by atoms with Gasteiger partial charge < -0.3 is 19.6 Å². The van der Waals surface area contributed by atoms with E-state index in [0.29, 0.717) is 19.5 Å². The van der Waals surface area contributed by atoms with Gasteiger partial charge in [0, 0.05) is 31.0 Å². The molecule has 4 aliphatic rings. The molecule has 0 aromatic rings. The van der Waals surface area contributed by atoms with Crippen molar-refractivity contribution in [2.75, 3.05) is 26.3 Å². The summed E-state index contributed by atoms with van der Waals surface area (Å²) in [5.41, 5.74) is 0. The highest BCUT2D eigenvalue weighted by Gasteiger charge is 2.76. The van der Waals surface area contributed by atoms with Crippen LogP contribution < -0.4 is 0 Å². The number of hydrogen-bond donors (Lipinski definition) is 1. The average Bonchev–Trinajstić information content (AvgIpc) is 3.44. The Kier molecular flexibility index (Phi) is 8.52. The first-order valence-electron chi connectivity index (χ1n) is 13.6. The quantitative estimate of drug-likeness (QED) is 0.263. The third-order valence-electron chi connectivity index (χ3n) is 8.72. The zero-order chi connectivity index (χ0) is 25.2. The number of ether oxygens (including phenoxy) is 1. The molecule has 8 heteroatoms. The Morgan fingerprint density at radius 1 is 1.26 bits per heavy atom. The molecule has 2 amide bonds. The summed E-state index contributed by atoms with van der Waals surface area (Å²) in [6.45, 7) is 9.25. The molecule has 4 rings (SSSR count). The highest BCUT2D eigenvalue weighted by Crippen LogP contribution is 2.68. The van der Waals surface area contributed by atoms with E-state index in [1.165, 1.54) is 6.42 Å². The van der Waals surface area contributed by atoms with Crippen molar-refractivity contribution < 1.29 is 24.2 Å². The maximum Gasteiger partial charge on any atom is 0.310 e. The molecule has 196 valence electrons. The number of thioether (sulfide) groups is 1. The van der Waals surface area contributed by atoms with Crippen LogP contribution in [0.25, 0.3) is 0 Å². The molecule has 1 N–H and O–H groups in total. The number of carbonyl (C=O) groups is 3. The number of aliphatic hydroxyl groups excluding tert-OH is 1. The largest absolute Gasteiger partial charge is 0.466 e. The van der Waals surface area contributed by atoms with E-state index in [9.17, 15) is 19.5 Å². The van der Waals surface area contributed by atoms with Gasteiger partial charge in [0.25, 0.3) is 0 Å². The van der Waals surface area contributed by atoms with Gasteiger partial charge in [-0.15, -0.1) is 18.3 Å². The van der Waals surface area contributed by atoms with E-state index >= 15 is 0 Å². The Morgan fingerprint density at radius 3 is 2.66 bits per heavy atom. The maximum atomic E-state index is 14.5. The first kappa shape index (κ1) is 26.5. The second-order valence-electron chi connectivity index (χ2n) is 10.7. The van der Waals surface area contributed by atoms with E-state index < -0.39 is 22.6 Å². The van der Waals surface area contributed by atoms with Gasteiger partial charge in [-0.05, 0) is 51.4 Å². The van der Waals surface area contributed by atoms with E-state index in [2.05, 4.69) is 13.5 Å². The van der Waals surface area contributed by atoms with Gasteiger partial charge in [-0.1, -0.05) is 32.3 Å². The van der Waals surface area contributed by atoms with Crippen molar-refractivity contribution in [2.24, 2.45) is 17.8 Å². The highest BCUT2D eigenvalue weighted by molar-refractivity contribution is 8.02. The smallest absolute Gasteiger partial charge is 0.310 e. The minimum atomic E-state index is -0.596. The molecule has 3 heterocycles. The minimum Gasteiger partial charge on any atom is -0.466 e. The Balaban J connectivity index is 1.71. The lowest BCUT2D eigenvalue weighted by atomic mass is 9.66. The summed E-state index contributed by atoms with van der Waals surface area (Å²) in [7, 11) is 0. The number of rotatable bonds is 11. The topological polar surface area (TPSA) is 87.2 Å². The Bertz CT molecular complexity index is 815. The molecule has 1 aliphatic carbocycles. The van der Waals surface area contributed by atoms with Gasteiger partial charge in [-0.2, -0.15) is 0 Å². The summed E-state index contributed by atoms with van der Waals surface area (Å²) in [6, 6.07) is -0.392. The first-order chi connectivity index (χ1) is 16.9. The third-order valence-corrected chi connectivity index (χ3v) is 10.8. The monoisotopic (exact) mass is 506 g/mol. The summed E-state index contributed by atoms with van der Waals surface area (Å²) < 4.78 is 4.84. The maximum absolute atomic E-state index is 14.5. The van der Waals surface area contributed by atoms with Crippen molar-refractivity contribution >= 4 is 29.5 Å². The SMILES string of the molecule is C=CCN(C(=O)C1N(CCCCCO)C(=O)[C@@H]2[C@H](C(=O)OCC)[C@@H]3CC(C)C12S3)C1CCCCC1. The van der Waals surface area contributed by atoms with E-state index in [1.807, 2.05) is 4.90 Å². The minimum absolute atomic E-state index is 0.0207. The van der Waals surface area contributed by atoms with Crippen LogP contribution in [0.2, 0.25) is 0 Å². The molecule has 3 unspecified atom stereocenters. The molecular formula is C27H42N2O5S. The van der Waals surface area contributed by atoms with Crippen LogP contribution in [0.15, 0.2) is 12.7 Å². The summed E-state index contributed by atoms with van der Waals surface area (Å²) >= 11 is 1.71. The highest BCUT2D eigenvalue weighted by atomic mass is 32.2. The average molecular weight is 507 g/mol. The fraction of sp³-hybridized carbons (Fsp3) is 0.815. The van der Waals surface area contributed by atoms with E-state index in [4.69, 9.17) is 4.74 Å². The fourth-order valence-electron chi connectivity index (χ4n) is 7.22. The number of fused-ring (bicyclic) bond motifs is 1. The Labute approximate surface area is 214 Å². The molecular weight excluding hydrogens is 464 g/mol. The Morgan fingerprint density at radius 2 is 2.00 bits per heavy atom. The predicted molar refractivity (Wildman–Crippen MR) is 137 cm³/mol. The zero-order valence-corrected chi connectivity index (χ0v) is 22.1. The lowest BCUT2D eigenvalue weighted by Gasteiger charge is -2.43. The number of amides is 2. The van der Waals surface area contributed by atoms with Crippen molar-refractivity contribution in [3.63, 3.8) is 0 Å². The van der Waals surface area contributed by atoms with E-state index in [-0.39, 0.29) is 48.2 Å². The van der Waals surface area contributed by atoms with Crippen molar-refractivity contribution in [1.29, 1.82) is 0 Å². The molecule has 4 fully saturated rings. The van der Waals surface area contributed by atoms with Gasteiger partial charge >= 0.3 is 5.97 Å². The van der Waals surface area contributed by atoms with Gasteiger partial charge in [-0.25, -0.2) is 0 Å². The number of carbonyl (C=O) groups excluding carboxylic acids is 3. The van der Waals surface area contributed by atoms with Crippen LogP contribution >= 0.6 is 11.8 Å². The summed E-state index contributed by atoms with van der Waals surface area (Å²) in [5.74, 6) is -1.16. The summed E-state index contributed by atoms with van der Waals surface area (Å²) in [5, 5.41) is 9.24. The van der Waals surface area contributed by atoms with E-state index in [0.717, 1.165) is 44.9 Å². The van der Waals surface area contributed by atoms with Gasteiger partial charge in [0.05, 0.1) is 23.2 Å². The van der Waals surface area contributed by atoms with Crippen LogP contribution in [-0.4, -0.2) is 81.1 Å². The van der Waals surface area contributed by atoms with Crippen LogP contribution in [0.4, 0.5) is 0 Å². The number of esters is 1. The third kappa shape index (κ3) is 4.54. The van der Waals surface area contributed by atoms with Crippen molar-refractivity contribution in [3.8, 4) is 0 Å². The molecule has 7 nitrogen and oxygen atoms in total. The van der Waals surface area contributed by atoms with Crippen LogP contribution in [0, 0.1) is 17.8 Å². The van der Waals surface area contributed by atoms with Crippen LogP contribution in [0.1, 0.15) is 71.6 Å². The van der Waals surface area contributed by atoms with Crippen LogP contribution in [-0.2, 0) is 19.1 Å². The van der Waals surface area contributed by atoms with E-state index in [1.54, 1.807) is 29.7 Å². The van der Waals surface area contributed by atoms with Crippen molar-refractivity contribution in [1.82, 2.24) is 9.80 Å². The standard InChI is InChI=1S/C27H42N2O5S/c1-4-14-28(19-12-8-6-9-13-19)25(32)23-27-18(3)17-20(35-27)21(26(33)34-5-2)22(27)24(31)29(23)15-10-7-11-16-30/h4,18-23,30H,1,5-17H2,2-3H3/t18?,20-,21+,22-,23?,27?/m0/s1. The van der Waals surface area contributed by atoms with Crippen LogP contribution in [0.5, 0.6) is 0 Å². The number of aliphatic hydroxyl groups is 1. The lowest BCUT2D eigenvalue weighted by molar-refractivity contribution is -0.154.